The zero-order valence-electron chi connectivity index (χ0n) is 37.6. The number of carboxylic acids is 1. The molecule has 19 bridgehead atoms. The number of fused-ring (bicyclic) bond motifs is 3. The summed E-state index contributed by atoms with van der Waals surface area (Å²) in [4.78, 5) is 27.1. The largest absolute Gasteiger partial charge is 0.481 e. The van der Waals surface area contributed by atoms with Crippen molar-refractivity contribution in [2.75, 3.05) is 0 Å². The van der Waals surface area contributed by atoms with Gasteiger partial charge in [0, 0.05) is 0 Å². The number of benzene rings is 13. The van der Waals surface area contributed by atoms with E-state index in [1.54, 1.807) is 195 Å². The molecule has 15 aliphatic carbocycles. The summed E-state index contributed by atoms with van der Waals surface area (Å²) in [6.07, 6.45) is 2.35. The summed E-state index contributed by atoms with van der Waals surface area (Å²) in [5, 5.41) is 73.9. The van der Waals surface area contributed by atoms with Crippen molar-refractivity contribution >= 4 is 233 Å². The van der Waals surface area contributed by atoms with Crippen LogP contribution in [0.25, 0.3) is 221 Å². The number of carbonyl (C=O) groups excluding carboxylic acids is 1. The molecule has 5 unspecified atom stereocenters. The Hall–Kier alpha value is -8.60. The van der Waals surface area contributed by atoms with Crippen LogP contribution < -0.4 is 15.7 Å². The zero-order chi connectivity index (χ0) is 44.4. The van der Waals surface area contributed by atoms with Crippen molar-refractivity contribution in [2.24, 2.45) is 0 Å². The zero-order valence-corrected chi connectivity index (χ0v) is 37.6. The summed E-state index contributed by atoms with van der Waals surface area (Å²) >= 11 is 0. The summed E-state index contributed by atoms with van der Waals surface area (Å²) in [5.74, 6) is -1.35. The van der Waals surface area contributed by atoms with Crippen LogP contribution in [0.3, 0.4) is 0 Å². The Morgan fingerprint density at radius 2 is 0.863 bits per heavy atom. The summed E-state index contributed by atoms with van der Waals surface area (Å²) in [6, 6.07) is 5.60. The van der Waals surface area contributed by atoms with Crippen LogP contribution in [-0.4, -0.2) is 23.1 Å². The molecule has 19 aromatic rings. The van der Waals surface area contributed by atoms with Crippen molar-refractivity contribution in [3.63, 3.8) is 0 Å². The van der Waals surface area contributed by atoms with Gasteiger partial charge in [0.05, 0.1) is 34.5 Å². The predicted molar refractivity (Wildman–Crippen MR) is 287 cm³/mol. The van der Waals surface area contributed by atoms with Crippen LogP contribution >= 0.6 is 0 Å². The number of aliphatic carboxylic acids is 1. The molecule has 34 rings (SSSR count). The number of allylic oxidation sites excluding steroid dienone is 1. The Balaban J connectivity index is 1.12. The Bertz CT molecular complexity index is 7260. The molecule has 0 amide bonds. The topological polar surface area (TPSA) is 63.6 Å². The SMILES string of the molecule is CCC1=CC(OC(=O)CCC(=O)O)C23C4=c5c6c7c8c5c5c9c%10c(c%11c%12c2c2c4c4c%13c%14c%15c%16c%17c%18c%19c%20c8c9c8c%20c9c%18c%18c%20c%21cc%22c%23c%24c(c%12cc2c%13c(c%21c%14c%17%20)=C(C=%24C7%16%19)C64%15)c%11c2c%10c8c(c%232)c9c%22%18)C153. The molecular formula is C69H14O4. The second-order valence-corrected chi connectivity index (χ2v) is 26.6. The first-order chi connectivity index (χ1) is 36.1. The van der Waals surface area contributed by atoms with Gasteiger partial charge in [-0.25, -0.2) is 0 Å². The van der Waals surface area contributed by atoms with Gasteiger partial charge < -0.3 is 9.84 Å². The number of carbonyl (C=O) groups is 2. The molecule has 0 radical (unpaired) electrons. The number of hydrogen-bond acceptors (Lipinski definition) is 3. The van der Waals surface area contributed by atoms with Crippen LogP contribution in [-0.2, 0) is 36.0 Å². The second-order valence-electron chi connectivity index (χ2n) is 26.6. The van der Waals surface area contributed by atoms with E-state index in [-0.39, 0.29) is 12.8 Å². The van der Waals surface area contributed by atoms with Gasteiger partial charge in [-0.05, 0) is 317 Å². The third kappa shape index (κ3) is 1.50. The Morgan fingerprint density at radius 3 is 1.53 bits per heavy atom. The van der Waals surface area contributed by atoms with E-state index >= 15 is 0 Å². The van der Waals surface area contributed by atoms with Gasteiger partial charge >= 0.3 is 11.9 Å². The summed E-state index contributed by atoms with van der Waals surface area (Å²) in [7, 11) is 0. The van der Waals surface area contributed by atoms with Crippen molar-refractivity contribution in [1.29, 1.82) is 0 Å². The second kappa shape index (κ2) is 6.40. The molecule has 0 heterocycles. The van der Waals surface area contributed by atoms with Gasteiger partial charge in [0.25, 0.3) is 0 Å². The summed E-state index contributed by atoms with van der Waals surface area (Å²) < 4.78 is 7.33. The third-order valence-corrected chi connectivity index (χ3v) is 26.6. The Morgan fingerprint density at radius 1 is 0.425 bits per heavy atom. The molecule has 4 nitrogen and oxygen atoms in total. The highest BCUT2D eigenvalue weighted by Gasteiger charge is 2.81. The fourth-order valence-electron chi connectivity index (χ4n) is 26.7. The van der Waals surface area contributed by atoms with Crippen molar-refractivity contribution in [1.82, 2.24) is 0 Å². The number of carboxylic acid groups (broad SMARTS) is 1. The van der Waals surface area contributed by atoms with E-state index in [9.17, 15) is 14.7 Å². The molecule has 0 saturated carbocycles. The van der Waals surface area contributed by atoms with E-state index in [4.69, 9.17) is 4.74 Å². The summed E-state index contributed by atoms with van der Waals surface area (Å²) in [5.41, 5.74) is 20.0. The van der Waals surface area contributed by atoms with Crippen LogP contribution in [0.15, 0.2) is 23.8 Å². The average Bonchev–Trinajstić information content (AvgIpc) is 1.82. The van der Waals surface area contributed by atoms with Crippen LogP contribution in [0.1, 0.15) is 81.8 Å². The standard InChI is InChI=1S/C69H14O4/c1-2-8-5-13(73-15(72)4-3-14(70)71)69-56-22-11-7-12-21-41-19-10-6-9-16-24-17(10)27-28(19)48-42(21)55-52(23(12)56)59(69)53-51-50-39-38-34-33-30-25(16)32-35(24)45-49(27)63-62(48)67(55)61(41)60(66(63,64(50)65(53)67)54(45)44(39)36(32)34)40-18(9)26(30)31-29(20(11)40)43(22)57-46(37(31)33)47(38)58(51)68(8,57)69/h5-7,13H,2-4H2,1H3,(H,70,71). The molecule has 4 heteroatoms. The average molecular weight is 907 g/mol. The lowest BCUT2D eigenvalue weighted by Gasteiger charge is -2.59. The minimum Gasteiger partial charge on any atom is -0.481 e. The van der Waals surface area contributed by atoms with Gasteiger partial charge in [0.15, 0.2) is 0 Å². The van der Waals surface area contributed by atoms with Crippen molar-refractivity contribution in [2.45, 2.75) is 54.0 Å². The van der Waals surface area contributed by atoms with E-state index in [0.717, 1.165) is 6.42 Å². The van der Waals surface area contributed by atoms with Crippen LogP contribution in [0.4, 0.5) is 0 Å². The lowest BCUT2D eigenvalue weighted by molar-refractivity contribution is -0.152. The predicted octanol–water partition coefficient (Wildman–Crippen LogP) is 12.2. The van der Waals surface area contributed by atoms with Crippen LogP contribution in [0.5, 0.6) is 0 Å². The molecule has 73 heavy (non-hydrogen) atoms. The van der Waals surface area contributed by atoms with Gasteiger partial charge in [-0.1, -0.05) is 12.5 Å². The molecule has 1 N–H and O–H groups in total. The van der Waals surface area contributed by atoms with E-state index in [1.165, 1.54) is 103 Å². The van der Waals surface area contributed by atoms with E-state index < -0.39 is 39.7 Å². The van der Waals surface area contributed by atoms with E-state index in [1.807, 2.05) is 0 Å². The first kappa shape index (κ1) is 28.4. The maximum absolute atomic E-state index is 14.9. The lowest BCUT2D eigenvalue weighted by Crippen LogP contribution is -2.60. The maximum Gasteiger partial charge on any atom is 0.307 e. The fourth-order valence-corrected chi connectivity index (χ4v) is 26.7. The first-order valence-electron chi connectivity index (χ1n) is 27.2. The molecule has 4 spiro atoms. The first-order valence-corrected chi connectivity index (χ1v) is 27.2. The van der Waals surface area contributed by atoms with E-state index in [2.05, 4.69) is 25.1 Å². The fraction of sp³-hybridized carbons (Fsp3) is 0.130. The summed E-state index contributed by atoms with van der Waals surface area (Å²) in [6.45, 7) is 2.39. The maximum atomic E-state index is 14.9. The number of ether oxygens (including phenoxy) is 1. The molecule has 5 atom stereocenters. The molecule has 0 aliphatic heterocycles. The Kier molecular flexibility index (Phi) is 2.49. The number of rotatable bonds is 5. The highest BCUT2D eigenvalue weighted by molar-refractivity contribution is 6.72. The smallest absolute Gasteiger partial charge is 0.307 e. The van der Waals surface area contributed by atoms with Gasteiger partial charge in [-0.2, -0.15) is 0 Å². The van der Waals surface area contributed by atoms with Crippen LogP contribution in [0, 0.1) is 0 Å². The lowest BCUT2D eigenvalue weighted by atomic mass is 9.41. The monoisotopic (exact) mass is 906 g/mol. The van der Waals surface area contributed by atoms with Crippen molar-refractivity contribution in [3.8, 4) is 0 Å². The number of hydrogen-bond donors (Lipinski definition) is 1. The molecule has 0 saturated heterocycles. The molecule has 19 aromatic carbocycles. The van der Waals surface area contributed by atoms with Gasteiger partial charge in [0.1, 0.15) is 6.10 Å². The van der Waals surface area contributed by atoms with Gasteiger partial charge in [-0.15, -0.1) is 0 Å². The third-order valence-electron chi connectivity index (χ3n) is 26.6. The minimum atomic E-state index is -0.958. The highest BCUT2D eigenvalue weighted by Crippen LogP contribution is 2.89. The van der Waals surface area contributed by atoms with Gasteiger partial charge in [-0.3, -0.25) is 9.59 Å². The Labute approximate surface area is 399 Å². The minimum absolute atomic E-state index is 0.135. The molecular weight excluding hydrogens is 893 g/mol. The quantitative estimate of drug-likeness (QED) is 0.106. The van der Waals surface area contributed by atoms with Gasteiger partial charge in [0.2, 0.25) is 0 Å². The number of esters is 1. The molecule has 0 aromatic heterocycles. The molecule has 15 aliphatic rings. The molecule has 314 valence electrons. The van der Waals surface area contributed by atoms with Crippen LogP contribution in [0.2, 0.25) is 0 Å². The highest BCUT2D eigenvalue weighted by atomic mass is 16.5. The van der Waals surface area contributed by atoms with Crippen molar-refractivity contribution in [3.05, 3.63) is 95.1 Å². The van der Waals surface area contributed by atoms with E-state index in [0.29, 0.717) is 0 Å². The normalized spacial score (nSPS) is 28.2. The molecule has 0 fully saturated rings. The van der Waals surface area contributed by atoms with Crippen molar-refractivity contribution < 1.29 is 19.4 Å².